The van der Waals surface area contributed by atoms with Crippen LogP contribution in [0.2, 0.25) is 0 Å². The van der Waals surface area contributed by atoms with Gasteiger partial charge in [-0.3, -0.25) is 0 Å². The molecule has 112 valence electrons. The first-order chi connectivity index (χ1) is 9.49. The van der Waals surface area contributed by atoms with Gasteiger partial charge in [0.15, 0.2) is 0 Å². The van der Waals surface area contributed by atoms with Crippen molar-refractivity contribution in [2.45, 2.75) is 63.3 Å². The van der Waals surface area contributed by atoms with Crippen LogP contribution in [0.15, 0.2) is 24.3 Å². The van der Waals surface area contributed by atoms with Crippen LogP contribution >= 0.6 is 15.9 Å². The lowest BCUT2D eigenvalue weighted by atomic mass is 9.81. The van der Waals surface area contributed by atoms with Gasteiger partial charge >= 0.3 is 0 Å². The molecule has 0 N–H and O–H groups in total. The fourth-order valence-electron chi connectivity index (χ4n) is 2.99. The Bertz CT molecular complexity index is 424. The zero-order chi connectivity index (χ0) is 14.8. The van der Waals surface area contributed by atoms with Crippen molar-refractivity contribution in [1.82, 2.24) is 0 Å². The van der Waals surface area contributed by atoms with Gasteiger partial charge in [-0.15, -0.1) is 0 Å². The molecule has 0 bridgehead atoms. The molecule has 0 aliphatic carbocycles. The number of hydrogen-bond donors (Lipinski definition) is 0. The highest BCUT2D eigenvalue weighted by molar-refractivity contribution is 9.09. The third kappa shape index (κ3) is 3.28. The van der Waals surface area contributed by atoms with Gasteiger partial charge in [0, 0.05) is 17.4 Å². The van der Waals surface area contributed by atoms with Crippen molar-refractivity contribution >= 4 is 15.9 Å². The summed E-state index contributed by atoms with van der Waals surface area (Å²) in [5.41, 5.74) is 3.08. The summed E-state index contributed by atoms with van der Waals surface area (Å²) in [4.78, 5) is 0.411. The monoisotopic (exact) mass is 338 g/mol. The predicted molar refractivity (Wildman–Crippen MR) is 89.6 cm³/mol. The zero-order valence-electron chi connectivity index (χ0n) is 13.2. The third-order valence-electron chi connectivity index (χ3n) is 4.93. The minimum Gasteiger partial charge on any atom is -0.378 e. The summed E-state index contributed by atoms with van der Waals surface area (Å²) < 4.78 is 5.82. The maximum Gasteiger partial charge on any atom is 0.0615 e. The van der Waals surface area contributed by atoms with Gasteiger partial charge in [0.1, 0.15) is 0 Å². The standard InChI is InChI=1S/C18H27BrO/c1-5-16-15(11-12-20-16)17(19)13-7-9-14(10-8-13)18(3,4)6-2/h7-10,15-17H,5-6,11-12H2,1-4H3. The summed E-state index contributed by atoms with van der Waals surface area (Å²) in [5, 5.41) is 0. The molecule has 1 heterocycles. The molecule has 1 nitrogen and oxygen atoms in total. The Kier molecular flexibility index (Phi) is 5.30. The Labute approximate surface area is 132 Å². The molecule has 1 fully saturated rings. The summed E-state index contributed by atoms with van der Waals surface area (Å²) in [5.74, 6) is 0.602. The fourth-order valence-corrected chi connectivity index (χ4v) is 3.90. The zero-order valence-corrected chi connectivity index (χ0v) is 14.7. The van der Waals surface area contributed by atoms with Gasteiger partial charge in [-0.2, -0.15) is 0 Å². The Morgan fingerprint density at radius 1 is 1.25 bits per heavy atom. The molecule has 2 heteroatoms. The molecule has 0 aromatic heterocycles. The van der Waals surface area contributed by atoms with Crippen molar-refractivity contribution in [3.63, 3.8) is 0 Å². The second-order valence-corrected chi connectivity index (χ2v) is 7.52. The van der Waals surface area contributed by atoms with Crippen molar-refractivity contribution in [2.24, 2.45) is 5.92 Å². The molecule has 20 heavy (non-hydrogen) atoms. The Morgan fingerprint density at radius 2 is 1.90 bits per heavy atom. The number of rotatable bonds is 5. The van der Waals surface area contributed by atoms with E-state index in [2.05, 4.69) is 67.9 Å². The molecule has 1 aliphatic rings. The van der Waals surface area contributed by atoms with Crippen molar-refractivity contribution in [1.29, 1.82) is 0 Å². The molecule has 2 rings (SSSR count). The lowest BCUT2D eigenvalue weighted by Gasteiger charge is -2.26. The average molecular weight is 339 g/mol. The van der Waals surface area contributed by atoms with Gasteiger partial charge in [0.25, 0.3) is 0 Å². The smallest absolute Gasteiger partial charge is 0.0615 e. The summed E-state index contributed by atoms with van der Waals surface area (Å²) in [6.07, 6.45) is 3.84. The van der Waals surface area contributed by atoms with Crippen molar-refractivity contribution < 1.29 is 4.74 Å². The van der Waals surface area contributed by atoms with Crippen LogP contribution in [0.3, 0.4) is 0 Å². The van der Waals surface area contributed by atoms with Crippen molar-refractivity contribution in [3.05, 3.63) is 35.4 Å². The van der Waals surface area contributed by atoms with Gasteiger partial charge in [-0.1, -0.05) is 67.9 Å². The molecule has 3 unspecified atom stereocenters. The largest absolute Gasteiger partial charge is 0.378 e. The van der Waals surface area contributed by atoms with E-state index in [1.165, 1.54) is 17.5 Å². The molecule has 0 amide bonds. The maximum atomic E-state index is 5.82. The van der Waals surface area contributed by atoms with Crippen LogP contribution in [0.1, 0.15) is 62.9 Å². The quantitative estimate of drug-likeness (QED) is 0.632. The van der Waals surface area contributed by atoms with Crippen LogP contribution in [0.4, 0.5) is 0 Å². The summed E-state index contributed by atoms with van der Waals surface area (Å²) in [6.45, 7) is 10.0. The summed E-state index contributed by atoms with van der Waals surface area (Å²) in [7, 11) is 0. The van der Waals surface area contributed by atoms with E-state index in [1.54, 1.807) is 0 Å². The van der Waals surface area contributed by atoms with E-state index < -0.39 is 0 Å². The van der Waals surface area contributed by atoms with Gasteiger partial charge < -0.3 is 4.74 Å². The van der Waals surface area contributed by atoms with Gasteiger partial charge in [-0.05, 0) is 35.8 Å². The topological polar surface area (TPSA) is 9.23 Å². The molecule has 0 radical (unpaired) electrons. The van der Waals surface area contributed by atoms with E-state index in [4.69, 9.17) is 4.74 Å². The number of ether oxygens (including phenoxy) is 1. The first-order valence-corrected chi connectivity index (χ1v) is 8.77. The van der Waals surface area contributed by atoms with Gasteiger partial charge in [0.05, 0.1) is 6.10 Å². The van der Waals surface area contributed by atoms with Gasteiger partial charge in [0.2, 0.25) is 0 Å². The average Bonchev–Trinajstić information content (AvgIpc) is 2.95. The van der Waals surface area contributed by atoms with Crippen LogP contribution in [-0.4, -0.2) is 12.7 Å². The second-order valence-electron chi connectivity index (χ2n) is 6.53. The van der Waals surface area contributed by atoms with Gasteiger partial charge in [-0.25, -0.2) is 0 Å². The lowest BCUT2D eigenvalue weighted by molar-refractivity contribution is 0.0873. The molecule has 1 aromatic rings. The van der Waals surface area contributed by atoms with Crippen LogP contribution in [-0.2, 0) is 10.2 Å². The summed E-state index contributed by atoms with van der Waals surface area (Å²) >= 11 is 3.91. The van der Waals surface area contributed by atoms with E-state index in [0.29, 0.717) is 16.8 Å². The van der Waals surface area contributed by atoms with E-state index in [1.807, 2.05) is 0 Å². The third-order valence-corrected chi connectivity index (χ3v) is 6.14. The Balaban J connectivity index is 2.13. The highest BCUT2D eigenvalue weighted by Gasteiger charge is 2.33. The number of alkyl halides is 1. The molecule has 1 aromatic carbocycles. The molecule has 0 saturated carbocycles. The van der Waals surface area contributed by atoms with Crippen LogP contribution in [0, 0.1) is 5.92 Å². The SMILES string of the molecule is CCC1OCCC1C(Br)c1ccc(C(C)(C)CC)cc1. The maximum absolute atomic E-state index is 5.82. The first-order valence-electron chi connectivity index (χ1n) is 7.85. The van der Waals surface area contributed by atoms with Crippen molar-refractivity contribution in [3.8, 4) is 0 Å². The summed E-state index contributed by atoms with van der Waals surface area (Å²) in [6, 6.07) is 9.17. The minimum absolute atomic E-state index is 0.267. The van der Waals surface area contributed by atoms with Crippen LogP contribution in [0.5, 0.6) is 0 Å². The predicted octanol–water partition coefficient (Wildman–Crippen LogP) is 5.63. The molecule has 1 saturated heterocycles. The normalized spacial score (nSPS) is 24.9. The van der Waals surface area contributed by atoms with Crippen LogP contribution in [0.25, 0.3) is 0 Å². The lowest BCUT2D eigenvalue weighted by Crippen LogP contribution is -2.19. The minimum atomic E-state index is 0.267. The molecular formula is C18H27BrO. The number of halogens is 1. The fraction of sp³-hybridized carbons (Fsp3) is 0.667. The van der Waals surface area contributed by atoms with Crippen LogP contribution < -0.4 is 0 Å². The molecule has 0 spiro atoms. The molecule has 1 aliphatic heterocycles. The number of benzene rings is 1. The Morgan fingerprint density at radius 3 is 2.45 bits per heavy atom. The number of hydrogen-bond acceptors (Lipinski definition) is 1. The van der Waals surface area contributed by atoms with Crippen molar-refractivity contribution in [2.75, 3.05) is 6.61 Å². The molecular weight excluding hydrogens is 312 g/mol. The van der Waals surface area contributed by atoms with E-state index in [-0.39, 0.29) is 5.41 Å². The highest BCUT2D eigenvalue weighted by Crippen LogP contribution is 2.41. The van der Waals surface area contributed by atoms with E-state index >= 15 is 0 Å². The molecule has 3 atom stereocenters. The second kappa shape index (κ2) is 6.62. The highest BCUT2D eigenvalue weighted by atomic mass is 79.9. The van der Waals surface area contributed by atoms with E-state index in [0.717, 1.165) is 19.4 Å². The first kappa shape index (κ1) is 16.0. The van der Waals surface area contributed by atoms with E-state index in [9.17, 15) is 0 Å². The Hall–Kier alpha value is -0.340.